The zero-order chi connectivity index (χ0) is 20.3. The number of carbonyl (C=O) groups is 1. The van der Waals surface area contributed by atoms with E-state index in [1.807, 2.05) is 24.4 Å². The highest BCUT2D eigenvalue weighted by atomic mass is 32.2. The van der Waals surface area contributed by atoms with E-state index in [4.69, 9.17) is 0 Å². The minimum Gasteiger partial charge on any atom is -0.320 e. The number of amides is 1. The van der Waals surface area contributed by atoms with Gasteiger partial charge in [0.1, 0.15) is 10.7 Å². The lowest BCUT2D eigenvalue weighted by atomic mass is 10.2. The zero-order valence-electron chi connectivity index (χ0n) is 15.8. The van der Waals surface area contributed by atoms with Crippen molar-refractivity contribution in [3.63, 3.8) is 0 Å². The summed E-state index contributed by atoms with van der Waals surface area (Å²) in [5.41, 5.74) is 1.55. The molecular weight excluding hydrogens is 414 g/mol. The molecule has 6 nitrogen and oxygen atoms in total. The Morgan fingerprint density at radius 2 is 1.93 bits per heavy atom. The summed E-state index contributed by atoms with van der Waals surface area (Å²) in [6.07, 6.45) is 0. The van der Waals surface area contributed by atoms with Crippen LogP contribution in [0.4, 0.5) is 5.69 Å². The highest BCUT2D eigenvalue weighted by Crippen LogP contribution is 2.28. The fourth-order valence-corrected chi connectivity index (χ4v) is 5.79. The fraction of sp³-hybridized carbons (Fsp3) is 0.263. The van der Waals surface area contributed by atoms with E-state index in [1.54, 1.807) is 42.7 Å². The molecule has 1 amide bonds. The summed E-state index contributed by atoms with van der Waals surface area (Å²) in [6.45, 7) is 6.19. The Morgan fingerprint density at radius 1 is 1.18 bits per heavy atom. The van der Waals surface area contributed by atoms with Crippen LogP contribution < -0.4 is 5.32 Å². The van der Waals surface area contributed by atoms with Gasteiger partial charge in [-0.15, -0.1) is 22.7 Å². The van der Waals surface area contributed by atoms with E-state index in [-0.39, 0.29) is 10.8 Å². The lowest BCUT2D eigenvalue weighted by molar-refractivity contribution is 0.102. The Morgan fingerprint density at radius 3 is 2.57 bits per heavy atom. The van der Waals surface area contributed by atoms with E-state index < -0.39 is 10.0 Å². The number of benzene rings is 1. The SMILES string of the molecule is CCN(CC)S(=O)(=O)c1ccc(C)c(NC(=O)c2csc(-c3cccs3)n2)c1. The van der Waals surface area contributed by atoms with Gasteiger partial charge in [-0.2, -0.15) is 4.31 Å². The fourth-order valence-electron chi connectivity index (χ4n) is 2.69. The van der Waals surface area contributed by atoms with Crippen molar-refractivity contribution in [2.24, 2.45) is 0 Å². The zero-order valence-corrected chi connectivity index (χ0v) is 18.2. The van der Waals surface area contributed by atoms with Crippen molar-refractivity contribution in [3.8, 4) is 9.88 Å². The maximum absolute atomic E-state index is 12.8. The molecule has 0 aliphatic rings. The molecule has 3 rings (SSSR count). The molecule has 0 fully saturated rings. The number of rotatable bonds is 7. The minimum absolute atomic E-state index is 0.162. The molecule has 0 spiro atoms. The van der Waals surface area contributed by atoms with E-state index in [9.17, 15) is 13.2 Å². The van der Waals surface area contributed by atoms with Crippen LogP contribution in [0, 0.1) is 6.92 Å². The smallest absolute Gasteiger partial charge is 0.275 e. The number of nitrogens with one attached hydrogen (secondary N) is 1. The van der Waals surface area contributed by atoms with Crippen molar-refractivity contribution in [1.82, 2.24) is 9.29 Å². The molecule has 3 aromatic rings. The van der Waals surface area contributed by atoms with E-state index >= 15 is 0 Å². The molecule has 0 saturated heterocycles. The van der Waals surface area contributed by atoms with Crippen LogP contribution in [0.25, 0.3) is 9.88 Å². The molecule has 0 aliphatic heterocycles. The van der Waals surface area contributed by atoms with Gasteiger partial charge in [-0.25, -0.2) is 13.4 Å². The summed E-state index contributed by atoms with van der Waals surface area (Å²) in [5, 5.41) is 7.25. The molecule has 0 atom stereocenters. The van der Waals surface area contributed by atoms with Crippen molar-refractivity contribution < 1.29 is 13.2 Å². The molecular formula is C19H21N3O3S3. The van der Waals surface area contributed by atoms with Crippen LogP contribution in [0.3, 0.4) is 0 Å². The van der Waals surface area contributed by atoms with Crippen LogP contribution >= 0.6 is 22.7 Å². The van der Waals surface area contributed by atoms with Gasteiger partial charge in [-0.3, -0.25) is 4.79 Å². The van der Waals surface area contributed by atoms with Crippen LogP contribution in [0.15, 0.2) is 46.0 Å². The molecule has 148 valence electrons. The quantitative estimate of drug-likeness (QED) is 0.594. The van der Waals surface area contributed by atoms with Gasteiger partial charge in [0, 0.05) is 24.2 Å². The molecule has 9 heteroatoms. The number of thiazole rings is 1. The Kier molecular flexibility index (Phi) is 6.29. The maximum Gasteiger partial charge on any atom is 0.275 e. The molecule has 1 N–H and O–H groups in total. The number of aryl methyl sites for hydroxylation is 1. The lowest BCUT2D eigenvalue weighted by Gasteiger charge is -2.19. The third-order valence-electron chi connectivity index (χ3n) is 4.27. The summed E-state index contributed by atoms with van der Waals surface area (Å²) >= 11 is 2.97. The Balaban J connectivity index is 1.85. The van der Waals surface area contributed by atoms with Crippen molar-refractivity contribution in [2.45, 2.75) is 25.7 Å². The van der Waals surface area contributed by atoms with Gasteiger partial charge in [-0.05, 0) is 36.1 Å². The second-order valence-corrected chi connectivity index (χ2v) is 9.78. The van der Waals surface area contributed by atoms with Gasteiger partial charge in [0.05, 0.1) is 9.77 Å². The second kappa shape index (κ2) is 8.52. The predicted molar refractivity (Wildman–Crippen MR) is 115 cm³/mol. The number of anilines is 1. The molecule has 2 aromatic heterocycles. The highest BCUT2D eigenvalue weighted by molar-refractivity contribution is 7.89. The van der Waals surface area contributed by atoms with Gasteiger partial charge < -0.3 is 5.32 Å². The Labute approximate surface area is 172 Å². The monoisotopic (exact) mass is 435 g/mol. The van der Waals surface area contributed by atoms with Crippen molar-refractivity contribution in [1.29, 1.82) is 0 Å². The number of hydrogen-bond donors (Lipinski definition) is 1. The number of sulfonamides is 1. The van der Waals surface area contributed by atoms with Gasteiger partial charge in [0.2, 0.25) is 10.0 Å². The standard InChI is InChI=1S/C19H21N3O3S3/c1-4-22(5-2)28(24,25)14-9-8-13(3)15(11-14)20-18(23)16-12-27-19(21-16)17-7-6-10-26-17/h6-12H,4-5H2,1-3H3,(H,20,23). The van der Waals surface area contributed by atoms with Crippen molar-refractivity contribution in [2.75, 3.05) is 18.4 Å². The number of thiophene rings is 1. The largest absolute Gasteiger partial charge is 0.320 e. The predicted octanol–water partition coefficient (Wildman–Crippen LogP) is 4.46. The molecule has 0 aliphatic carbocycles. The third kappa shape index (κ3) is 4.17. The number of nitrogens with zero attached hydrogens (tertiary/aromatic N) is 2. The molecule has 0 bridgehead atoms. The highest BCUT2D eigenvalue weighted by Gasteiger charge is 2.23. The van der Waals surface area contributed by atoms with Gasteiger partial charge in [-0.1, -0.05) is 26.0 Å². The molecule has 0 saturated carbocycles. The summed E-state index contributed by atoms with van der Waals surface area (Å²) in [4.78, 5) is 18.2. The second-order valence-electron chi connectivity index (χ2n) is 6.04. The van der Waals surface area contributed by atoms with E-state index in [0.717, 1.165) is 15.4 Å². The van der Waals surface area contributed by atoms with E-state index in [1.165, 1.54) is 21.7 Å². The average molecular weight is 436 g/mol. The van der Waals surface area contributed by atoms with E-state index in [2.05, 4.69) is 10.3 Å². The van der Waals surface area contributed by atoms with E-state index in [0.29, 0.717) is 24.5 Å². The summed E-state index contributed by atoms with van der Waals surface area (Å²) in [5.74, 6) is -0.362. The summed E-state index contributed by atoms with van der Waals surface area (Å²) in [6, 6.07) is 8.66. The molecule has 1 aromatic carbocycles. The lowest BCUT2D eigenvalue weighted by Crippen LogP contribution is -2.30. The Hall–Kier alpha value is -2.07. The maximum atomic E-state index is 12.8. The van der Waals surface area contributed by atoms with Crippen LogP contribution in [-0.4, -0.2) is 36.7 Å². The summed E-state index contributed by atoms with van der Waals surface area (Å²) in [7, 11) is -3.60. The van der Waals surface area contributed by atoms with Crippen molar-refractivity contribution >= 4 is 44.3 Å². The first kappa shape index (κ1) is 20.7. The van der Waals surface area contributed by atoms with Crippen LogP contribution in [-0.2, 0) is 10.0 Å². The normalized spacial score (nSPS) is 11.7. The third-order valence-corrected chi connectivity index (χ3v) is 8.20. The van der Waals surface area contributed by atoms with Gasteiger partial charge in [0.25, 0.3) is 5.91 Å². The first-order chi connectivity index (χ1) is 13.4. The minimum atomic E-state index is -3.60. The Bertz CT molecular complexity index is 1070. The first-order valence-electron chi connectivity index (χ1n) is 8.78. The van der Waals surface area contributed by atoms with Crippen LogP contribution in [0.5, 0.6) is 0 Å². The molecule has 0 unspecified atom stereocenters. The number of carbonyl (C=O) groups excluding carboxylic acids is 1. The average Bonchev–Trinajstić information content (AvgIpc) is 3.35. The van der Waals surface area contributed by atoms with Crippen molar-refractivity contribution in [3.05, 3.63) is 52.3 Å². The topological polar surface area (TPSA) is 79.4 Å². The van der Waals surface area contributed by atoms with Crippen LogP contribution in [0.2, 0.25) is 0 Å². The molecule has 28 heavy (non-hydrogen) atoms. The van der Waals surface area contributed by atoms with Gasteiger partial charge >= 0.3 is 0 Å². The first-order valence-corrected chi connectivity index (χ1v) is 12.0. The molecule has 0 radical (unpaired) electrons. The van der Waals surface area contributed by atoms with Gasteiger partial charge in [0.15, 0.2) is 0 Å². The summed E-state index contributed by atoms with van der Waals surface area (Å²) < 4.78 is 26.9. The molecule has 2 heterocycles. The number of aromatic nitrogens is 1. The van der Waals surface area contributed by atoms with Crippen LogP contribution in [0.1, 0.15) is 29.9 Å². The number of hydrogen-bond acceptors (Lipinski definition) is 6.